The zero-order valence-corrected chi connectivity index (χ0v) is 17.0. The summed E-state index contributed by atoms with van der Waals surface area (Å²) in [6.45, 7) is 4.92. The number of aromatic nitrogens is 1. The predicted molar refractivity (Wildman–Crippen MR) is 115 cm³/mol. The smallest absolute Gasteiger partial charge is 0.210 e. The Morgan fingerprint density at radius 2 is 2.00 bits per heavy atom. The fraction of sp³-hybridized carbons (Fsp3) is 0.304. The summed E-state index contributed by atoms with van der Waals surface area (Å²) in [7, 11) is 0. The van der Waals surface area contributed by atoms with Crippen LogP contribution < -0.4 is 5.32 Å². The molecule has 1 N–H and O–H groups in total. The highest BCUT2D eigenvalue weighted by atomic mass is 35.5. The molecule has 0 saturated carbocycles. The third-order valence-corrected chi connectivity index (χ3v) is 6.12. The van der Waals surface area contributed by atoms with Crippen molar-refractivity contribution in [1.29, 1.82) is 0 Å². The van der Waals surface area contributed by atoms with Gasteiger partial charge in [-0.1, -0.05) is 35.9 Å². The van der Waals surface area contributed by atoms with Gasteiger partial charge in [-0.2, -0.15) is 0 Å². The average molecular weight is 394 g/mol. The van der Waals surface area contributed by atoms with E-state index in [1.807, 2.05) is 36.2 Å². The number of likely N-dealkylation sites (tertiary alicyclic amines) is 1. The number of pyridine rings is 1. The Bertz CT molecular complexity index is 1030. The first-order chi connectivity index (χ1) is 13.6. The molecule has 1 saturated heterocycles. The summed E-state index contributed by atoms with van der Waals surface area (Å²) < 4.78 is 0. The lowest BCUT2D eigenvalue weighted by atomic mass is 9.91. The minimum atomic E-state index is 0.0873. The van der Waals surface area contributed by atoms with Crippen molar-refractivity contribution in [2.45, 2.75) is 39.2 Å². The maximum absolute atomic E-state index is 11.6. The van der Waals surface area contributed by atoms with E-state index in [-0.39, 0.29) is 6.04 Å². The van der Waals surface area contributed by atoms with Crippen molar-refractivity contribution in [2.75, 3.05) is 11.9 Å². The van der Waals surface area contributed by atoms with Crippen LogP contribution in [0.1, 0.15) is 42.0 Å². The molecule has 5 heteroatoms. The molecule has 0 spiro atoms. The molecule has 144 valence electrons. The lowest BCUT2D eigenvalue weighted by Gasteiger charge is -2.34. The van der Waals surface area contributed by atoms with E-state index in [9.17, 15) is 4.79 Å². The number of aryl methyl sites for hydroxylation is 1. The second kappa shape index (κ2) is 7.80. The normalized spacial score (nSPS) is 17.0. The molecule has 1 atom stereocenters. The third kappa shape index (κ3) is 3.33. The van der Waals surface area contributed by atoms with Crippen LogP contribution in [0, 0.1) is 13.8 Å². The molecule has 4 rings (SSSR count). The van der Waals surface area contributed by atoms with Crippen molar-refractivity contribution in [1.82, 2.24) is 9.88 Å². The Morgan fingerprint density at radius 3 is 2.82 bits per heavy atom. The predicted octanol–water partition coefficient (Wildman–Crippen LogP) is 5.93. The lowest BCUT2D eigenvalue weighted by Crippen LogP contribution is -2.32. The molecule has 1 aromatic heterocycles. The van der Waals surface area contributed by atoms with Crippen molar-refractivity contribution in [2.24, 2.45) is 0 Å². The molecule has 2 heterocycles. The molecule has 0 bridgehead atoms. The SMILES string of the molecule is Cc1c(Cl)cccc1Nc1ncc(C2CCCCN2C=O)c2c(C)cccc12. The number of hydrogen-bond donors (Lipinski definition) is 1. The number of nitrogens with one attached hydrogen (secondary N) is 1. The van der Waals surface area contributed by atoms with E-state index in [4.69, 9.17) is 16.6 Å². The van der Waals surface area contributed by atoms with Crippen LogP contribution >= 0.6 is 11.6 Å². The first-order valence-electron chi connectivity index (χ1n) is 9.71. The fourth-order valence-corrected chi connectivity index (χ4v) is 4.33. The molecule has 1 aliphatic heterocycles. The Balaban J connectivity index is 1.84. The van der Waals surface area contributed by atoms with Gasteiger partial charge >= 0.3 is 0 Å². The van der Waals surface area contributed by atoms with E-state index >= 15 is 0 Å². The molecule has 1 unspecified atom stereocenters. The fourth-order valence-electron chi connectivity index (χ4n) is 4.15. The van der Waals surface area contributed by atoms with Gasteiger partial charge in [-0.25, -0.2) is 4.98 Å². The number of nitrogens with zero attached hydrogens (tertiary/aromatic N) is 2. The number of halogens is 1. The van der Waals surface area contributed by atoms with Crippen molar-refractivity contribution >= 4 is 40.3 Å². The van der Waals surface area contributed by atoms with Gasteiger partial charge in [-0.15, -0.1) is 0 Å². The summed E-state index contributed by atoms with van der Waals surface area (Å²) in [4.78, 5) is 18.3. The second-order valence-corrected chi connectivity index (χ2v) is 7.86. The highest BCUT2D eigenvalue weighted by molar-refractivity contribution is 6.31. The number of carbonyl (C=O) groups is 1. The van der Waals surface area contributed by atoms with E-state index in [1.54, 1.807) is 0 Å². The third-order valence-electron chi connectivity index (χ3n) is 5.71. The number of anilines is 2. The summed E-state index contributed by atoms with van der Waals surface area (Å²) in [6.07, 6.45) is 6.08. The maximum Gasteiger partial charge on any atom is 0.210 e. The van der Waals surface area contributed by atoms with Crippen LogP contribution in [-0.2, 0) is 4.79 Å². The summed E-state index contributed by atoms with van der Waals surface area (Å²) in [5.74, 6) is 0.807. The van der Waals surface area contributed by atoms with E-state index in [1.165, 1.54) is 10.9 Å². The van der Waals surface area contributed by atoms with E-state index in [2.05, 4.69) is 30.4 Å². The van der Waals surface area contributed by atoms with Gasteiger partial charge in [0.2, 0.25) is 6.41 Å². The number of benzene rings is 2. The molecule has 2 aromatic carbocycles. The number of hydrogen-bond acceptors (Lipinski definition) is 3. The zero-order valence-electron chi connectivity index (χ0n) is 16.2. The molecule has 1 fully saturated rings. The largest absolute Gasteiger partial charge is 0.339 e. The number of piperidine rings is 1. The van der Waals surface area contributed by atoms with Crippen molar-refractivity contribution in [3.63, 3.8) is 0 Å². The van der Waals surface area contributed by atoms with Gasteiger partial charge in [-0.3, -0.25) is 4.79 Å². The number of rotatable bonds is 4. The first-order valence-corrected chi connectivity index (χ1v) is 10.1. The molecule has 4 nitrogen and oxygen atoms in total. The summed E-state index contributed by atoms with van der Waals surface area (Å²) in [5, 5.41) is 6.43. The Labute approximate surface area is 170 Å². The van der Waals surface area contributed by atoms with Crippen LogP contribution in [0.4, 0.5) is 11.5 Å². The highest BCUT2D eigenvalue weighted by Gasteiger charge is 2.25. The van der Waals surface area contributed by atoms with Crippen molar-refractivity contribution in [3.05, 3.63) is 64.3 Å². The quantitative estimate of drug-likeness (QED) is 0.558. The highest BCUT2D eigenvalue weighted by Crippen LogP contribution is 2.38. The molecule has 0 radical (unpaired) electrons. The first kappa shape index (κ1) is 18.8. The van der Waals surface area contributed by atoms with Gasteiger partial charge in [0, 0.05) is 34.4 Å². The summed E-state index contributed by atoms with van der Waals surface area (Å²) in [5.41, 5.74) is 4.27. The lowest BCUT2D eigenvalue weighted by molar-refractivity contribution is -0.121. The molecule has 1 aliphatic rings. The topological polar surface area (TPSA) is 45.2 Å². The summed E-state index contributed by atoms with van der Waals surface area (Å²) >= 11 is 6.28. The van der Waals surface area contributed by atoms with Crippen LogP contribution in [0.5, 0.6) is 0 Å². The Hall–Kier alpha value is -2.59. The van der Waals surface area contributed by atoms with Crippen LogP contribution in [0.2, 0.25) is 5.02 Å². The zero-order chi connectivity index (χ0) is 19.7. The van der Waals surface area contributed by atoms with Gasteiger partial charge in [0.05, 0.1) is 6.04 Å². The molecule has 0 aliphatic carbocycles. The van der Waals surface area contributed by atoms with Crippen LogP contribution in [0.15, 0.2) is 42.6 Å². The average Bonchev–Trinajstić information content (AvgIpc) is 2.72. The molecule has 28 heavy (non-hydrogen) atoms. The van der Waals surface area contributed by atoms with E-state index in [0.29, 0.717) is 0 Å². The number of carbonyl (C=O) groups excluding carboxylic acids is 1. The van der Waals surface area contributed by atoms with Gasteiger partial charge in [0.25, 0.3) is 0 Å². The van der Waals surface area contributed by atoms with Crippen molar-refractivity contribution < 1.29 is 4.79 Å². The van der Waals surface area contributed by atoms with Gasteiger partial charge in [0.15, 0.2) is 0 Å². The second-order valence-electron chi connectivity index (χ2n) is 7.45. The number of fused-ring (bicyclic) bond motifs is 1. The minimum Gasteiger partial charge on any atom is -0.339 e. The molecular weight excluding hydrogens is 370 g/mol. The van der Waals surface area contributed by atoms with Crippen LogP contribution in [-0.4, -0.2) is 22.8 Å². The van der Waals surface area contributed by atoms with Crippen LogP contribution in [0.25, 0.3) is 10.8 Å². The molecule has 3 aromatic rings. The molecular formula is C23H24ClN3O. The minimum absolute atomic E-state index is 0.0873. The monoisotopic (exact) mass is 393 g/mol. The molecule has 1 amide bonds. The maximum atomic E-state index is 11.6. The van der Waals surface area contributed by atoms with Gasteiger partial charge < -0.3 is 10.2 Å². The van der Waals surface area contributed by atoms with Crippen molar-refractivity contribution in [3.8, 4) is 0 Å². The van der Waals surface area contributed by atoms with Crippen LogP contribution in [0.3, 0.4) is 0 Å². The van der Waals surface area contributed by atoms with E-state index in [0.717, 1.165) is 65.3 Å². The van der Waals surface area contributed by atoms with Gasteiger partial charge in [-0.05, 0) is 61.8 Å². The number of amides is 1. The Kier molecular flexibility index (Phi) is 5.23. The Morgan fingerprint density at radius 1 is 1.18 bits per heavy atom. The van der Waals surface area contributed by atoms with Gasteiger partial charge in [0.1, 0.15) is 5.82 Å². The standard InChI is InChI=1S/C23H24ClN3O/c1-15-7-5-8-17-22(15)18(21-11-3-4-12-27(21)14-28)13-25-23(17)26-20-10-6-9-19(24)16(20)2/h5-10,13-14,21H,3-4,11-12H2,1-2H3,(H,25,26). The summed E-state index contributed by atoms with van der Waals surface area (Å²) in [6, 6.07) is 12.2. The van der Waals surface area contributed by atoms with E-state index < -0.39 is 0 Å².